The normalized spacial score (nSPS) is 20.5. The fourth-order valence-corrected chi connectivity index (χ4v) is 2.53. The lowest BCUT2D eigenvalue weighted by Crippen LogP contribution is -2.28. The number of benzene rings is 2. The maximum atomic E-state index is 10.6. The van der Waals surface area contributed by atoms with Crippen molar-refractivity contribution in [2.45, 2.75) is 18.6 Å². The third kappa shape index (κ3) is 3.86. The molecule has 1 fully saturated rings. The largest absolute Gasteiger partial charge is 0.492 e. The highest BCUT2D eigenvalue weighted by atomic mass is 16.5. The number of aldehydes is 1. The quantitative estimate of drug-likeness (QED) is 0.833. The van der Waals surface area contributed by atoms with Crippen molar-refractivity contribution >= 4 is 6.29 Å². The van der Waals surface area contributed by atoms with Crippen LogP contribution in [0.5, 0.6) is 11.5 Å². The van der Waals surface area contributed by atoms with Crippen molar-refractivity contribution in [1.82, 2.24) is 5.32 Å². The van der Waals surface area contributed by atoms with E-state index in [1.165, 1.54) is 0 Å². The number of hydrogen-bond acceptors (Lipinski definition) is 4. The maximum absolute atomic E-state index is 10.6. The molecule has 0 bridgehead atoms. The van der Waals surface area contributed by atoms with E-state index in [0.29, 0.717) is 12.2 Å². The van der Waals surface area contributed by atoms with Gasteiger partial charge in [-0.15, -0.1) is 0 Å². The van der Waals surface area contributed by atoms with Crippen molar-refractivity contribution in [3.8, 4) is 11.5 Å². The first kappa shape index (κ1) is 14.6. The molecule has 0 amide bonds. The average Bonchev–Trinajstić information content (AvgIpc) is 3.02. The molecule has 0 aromatic heterocycles. The summed E-state index contributed by atoms with van der Waals surface area (Å²) < 4.78 is 11.7. The lowest BCUT2D eigenvalue weighted by Gasteiger charge is -2.14. The van der Waals surface area contributed by atoms with E-state index in [9.17, 15) is 4.79 Å². The van der Waals surface area contributed by atoms with Gasteiger partial charge in [-0.1, -0.05) is 18.2 Å². The van der Waals surface area contributed by atoms with Crippen molar-refractivity contribution in [1.29, 1.82) is 0 Å². The van der Waals surface area contributed by atoms with Gasteiger partial charge in [-0.3, -0.25) is 4.79 Å². The molecule has 1 aliphatic heterocycles. The molecule has 0 unspecified atom stereocenters. The summed E-state index contributed by atoms with van der Waals surface area (Å²) in [5.74, 6) is 1.68. The van der Waals surface area contributed by atoms with Crippen LogP contribution in [0.15, 0.2) is 54.6 Å². The van der Waals surface area contributed by atoms with Crippen LogP contribution in [0.25, 0.3) is 0 Å². The van der Waals surface area contributed by atoms with Gasteiger partial charge in [-0.05, 0) is 36.4 Å². The number of carbonyl (C=O) groups is 1. The number of hydrogen-bond donors (Lipinski definition) is 1. The molecular weight excluding hydrogens is 278 g/mol. The Bertz CT molecular complexity index is 597. The van der Waals surface area contributed by atoms with Gasteiger partial charge < -0.3 is 14.8 Å². The predicted octanol–water partition coefficient (Wildman–Crippen LogP) is 2.69. The maximum Gasteiger partial charge on any atom is 0.150 e. The molecule has 0 aliphatic carbocycles. The number of ether oxygens (including phenoxy) is 2. The molecule has 1 aliphatic rings. The minimum atomic E-state index is 0.174. The summed E-state index contributed by atoms with van der Waals surface area (Å²) in [4.78, 5) is 10.6. The molecule has 1 N–H and O–H groups in total. The van der Waals surface area contributed by atoms with Crippen molar-refractivity contribution in [3.63, 3.8) is 0 Å². The number of para-hydroxylation sites is 1. The number of carbonyl (C=O) groups excluding carboxylic acids is 1. The Morgan fingerprint density at radius 3 is 2.55 bits per heavy atom. The van der Waals surface area contributed by atoms with Gasteiger partial charge in [0.15, 0.2) is 0 Å². The monoisotopic (exact) mass is 297 g/mol. The van der Waals surface area contributed by atoms with Crippen LogP contribution < -0.4 is 14.8 Å². The third-order valence-corrected chi connectivity index (χ3v) is 3.69. The second kappa shape index (κ2) is 7.09. The van der Waals surface area contributed by atoms with Gasteiger partial charge in [0.2, 0.25) is 0 Å². The topological polar surface area (TPSA) is 47.6 Å². The van der Waals surface area contributed by atoms with E-state index in [0.717, 1.165) is 30.8 Å². The molecule has 3 rings (SSSR count). The molecule has 2 aromatic carbocycles. The van der Waals surface area contributed by atoms with E-state index in [4.69, 9.17) is 9.47 Å². The highest BCUT2D eigenvalue weighted by molar-refractivity contribution is 5.74. The van der Waals surface area contributed by atoms with Gasteiger partial charge >= 0.3 is 0 Å². The van der Waals surface area contributed by atoms with E-state index in [2.05, 4.69) is 5.32 Å². The van der Waals surface area contributed by atoms with Gasteiger partial charge in [0, 0.05) is 24.6 Å². The summed E-state index contributed by atoms with van der Waals surface area (Å²) in [6.07, 6.45) is 1.92. The highest BCUT2D eigenvalue weighted by Gasteiger charge is 2.25. The summed E-state index contributed by atoms with van der Waals surface area (Å²) in [5.41, 5.74) is 0.655. The standard InChI is InChI=1S/C18H19NO3/c20-12-14-6-8-16(9-7-14)21-13-15-10-18(11-19-15)22-17-4-2-1-3-5-17/h1-9,12,15,18-19H,10-11,13H2/t15-,18-/m0/s1. The molecule has 0 saturated carbocycles. The average molecular weight is 297 g/mol. The molecule has 114 valence electrons. The Balaban J connectivity index is 1.45. The van der Waals surface area contributed by atoms with Crippen LogP contribution in [-0.4, -0.2) is 31.6 Å². The van der Waals surface area contributed by atoms with Crippen LogP contribution in [0.1, 0.15) is 16.8 Å². The summed E-state index contributed by atoms with van der Waals surface area (Å²) >= 11 is 0. The zero-order valence-corrected chi connectivity index (χ0v) is 12.3. The van der Waals surface area contributed by atoms with Gasteiger partial charge in [0.05, 0.1) is 0 Å². The lowest BCUT2D eigenvalue weighted by molar-refractivity contribution is 0.112. The SMILES string of the molecule is O=Cc1ccc(OC[C@@H]2C[C@H](Oc3ccccc3)CN2)cc1. The van der Waals surface area contributed by atoms with Crippen LogP contribution in [-0.2, 0) is 0 Å². The Kier molecular flexibility index (Phi) is 4.71. The van der Waals surface area contributed by atoms with Crippen molar-refractivity contribution in [2.75, 3.05) is 13.2 Å². The van der Waals surface area contributed by atoms with Crippen LogP contribution in [0.3, 0.4) is 0 Å². The first-order valence-corrected chi connectivity index (χ1v) is 7.46. The smallest absolute Gasteiger partial charge is 0.150 e. The second-order valence-electron chi connectivity index (χ2n) is 5.39. The summed E-state index contributed by atoms with van der Waals surface area (Å²) in [7, 11) is 0. The molecule has 2 aromatic rings. The van der Waals surface area contributed by atoms with Gasteiger partial charge in [-0.25, -0.2) is 0 Å². The molecule has 4 nitrogen and oxygen atoms in total. The van der Waals surface area contributed by atoms with Crippen LogP contribution in [0.4, 0.5) is 0 Å². The Labute approximate surface area is 130 Å². The van der Waals surface area contributed by atoms with Gasteiger partial charge in [0.25, 0.3) is 0 Å². The van der Waals surface area contributed by atoms with Crippen LogP contribution >= 0.6 is 0 Å². The predicted molar refractivity (Wildman–Crippen MR) is 84.6 cm³/mol. The molecule has 22 heavy (non-hydrogen) atoms. The van der Waals surface area contributed by atoms with Crippen molar-refractivity contribution in [3.05, 3.63) is 60.2 Å². The summed E-state index contributed by atoms with van der Waals surface area (Å²) in [6, 6.07) is 17.3. The lowest BCUT2D eigenvalue weighted by atomic mass is 10.2. The van der Waals surface area contributed by atoms with E-state index in [1.54, 1.807) is 12.1 Å². The number of rotatable bonds is 6. The van der Waals surface area contributed by atoms with E-state index < -0.39 is 0 Å². The second-order valence-corrected chi connectivity index (χ2v) is 5.39. The zero-order valence-electron chi connectivity index (χ0n) is 12.3. The van der Waals surface area contributed by atoms with E-state index >= 15 is 0 Å². The van der Waals surface area contributed by atoms with Gasteiger partial charge in [0.1, 0.15) is 30.5 Å². The van der Waals surface area contributed by atoms with E-state index in [1.807, 2.05) is 42.5 Å². The van der Waals surface area contributed by atoms with Crippen LogP contribution in [0.2, 0.25) is 0 Å². The number of nitrogens with one attached hydrogen (secondary N) is 1. The molecular formula is C18H19NO3. The van der Waals surface area contributed by atoms with Crippen LogP contribution in [0, 0.1) is 0 Å². The molecule has 4 heteroatoms. The fraction of sp³-hybridized carbons (Fsp3) is 0.278. The minimum absolute atomic E-state index is 0.174. The molecule has 0 spiro atoms. The molecule has 0 radical (unpaired) electrons. The molecule has 2 atom stereocenters. The fourth-order valence-electron chi connectivity index (χ4n) is 2.53. The first-order valence-electron chi connectivity index (χ1n) is 7.46. The zero-order chi connectivity index (χ0) is 15.2. The first-order chi connectivity index (χ1) is 10.8. The molecule has 1 saturated heterocycles. The van der Waals surface area contributed by atoms with Crippen molar-refractivity contribution < 1.29 is 14.3 Å². The van der Waals surface area contributed by atoms with Gasteiger partial charge in [-0.2, -0.15) is 0 Å². The summed E-state index contributed by atoms with van der Waals surface area (Å²) in [6.45, 7) is 1.42. The minimum Gasteiger partial charge on any atom is -0.492 e. The third-order valence-electron chi connectivity index (χ3n) is 3.69. The molecule has 1 heterocycles. The highest BCUT2D eigenvalue weighted by Crippen LogP contribution is 2.18. The van der Waals surface area contributed by atoms with E-state index in [-0.39, 0.29) is 12.1 Å². The van der Waals surface area contributed by atoms with Crippen molar-refractivity contribution in [2.24, 2.45) is 0 Å². The Hall–Kier alpha value is -2.33. The Morgan fingerprint density at radius 1 is 1.05 bits per heavy atom. The summed E-state index contributed by atoms with van der Waals surface area (Å²) in [5, 5.41) is 3.41. The Morgan fingerprint density at radius 2 is 1.82 bits per heavy atom.